The van der Waals surface area contributed by atoms with Gasteiger partial charge in [-0.15, -0.1) is 0 Å². The van der Waals surface area contributed by atoms with Crippen molar-refractivity contribution in [3.63, 3.8) is 0 Å². The number of nitrogens with zero attached hydrogens (tertiary/aromatic N) is 3. The first-order valence-electron chi connectivity index (χ1n) is 10.1. The highest BCUT2D eigenvalue weighted by Gasteiger charge is 2.27. The van der Waals surface area contributed by atoms with Crippen LogP contribution in [0.5, 0.6) is 0 Å². The van der Waals surface area contributed by atoms with E-state index in [0.29, 0.717) is 5.92 Å². The Balaban J connectivity index is 1.49. The number of aromatic nitrogens is 2. The summed E-state index contributed by atoms with van der Waals surface area (Å²) in [4.78, 5) is 13.2. The molecule has 136 valence electrons. The lowest BCUT2D eigenvalue weighted by Gasteiger charge is -2.29. The van der Waals surface area contributed by atoms with Gasteiger partial charge in [-0.25, -0.2) is 4.98 Å². The third-order valence-corrected chi connectivity index (χ3v) is 6.22. The van der Waals surface area contributed by atoms with Crippen LogP contribution in [0.3, 0.4) is 0 Å². The average Bonchev–Trinajstić information content (AvgIpc) is 3.37. The maximum atomic E-state index is 4.64. The van der Waals surface area contributed by atoms with E-state index in [0.717, 1.165) is 18.1 Å². The van der Waals surface area contributed by atoms with Crippen LogP contribution < -0.4 is 0 Å². The first kappa shape index (κ1) is 16.1. The van der Waals surface area contributed by atoms with Crippen molar-refractivity contribution in [1.82, 2.24) is 19.8 Å². The van der Waals surface area contributed by atoms with E-state index >= 15 is 0 Å². The highest BCUT2D eigenvalue weighted by molar-refractivity contribution is 5.90. The molecule has 4 heteroatoms. The van der Waals surface area contributed by atoms with Crippen LogP contribution in [0.1, 0.15) is 42.9 Å². The van der Waals surface area contributed by atoms with Gasteiger partial charge in [-0.2, -0.15) is 0 Å². The molecule has 1 aliphatic carbocycles. The molecule has 3 aliphatic rings. The van der Waals surface area contributed by atoms with Gasteiger partial charge in [0.05, 0.1) is 0 Å². The van der Waals surface area contributed by atoms with Crippen LogP contribution >= 0.6 is 0 Å². The fourth-order valence-corrected chi connectivity index (χ4v) is 4.41. The van der Waals surface area contributed by atoms with Crippen LogP contribution in [-0.4, -0.2) is 53.0 Å². The maximum absolute atomic E-state index is 4.64. The summed E-state index contributed by atoms with van der Waals surface area (Å²) in [5.74, 6) is 1.53. The Morgan fingerprint density at radius 2 is 2.04 bits per heavy atom. The Morgan fingerprint density at radius 3 is 2.85 bits per heavy atom. The number of fused-ring (bicyclic) bond motifs is 1. The van der Waals surface area contributed by atoms with Gasteiger partial charge in [-0.1, -0.05) is 12.2 Å². The SMILES string of the molecule is CN1CCC(c2cc3c(C4=CC=CCN4CC4CC4)ccnc3[nH]2)CC1. The lowest BCUT2D eigenvalue weighted by atomic mass is 9.93. The van der Waals surface area contributed by atoms with Crippen molar-refractivity contribution in [2.45, 2.75) is 31.6 Å². The summed E-state index contributed by atoms with van der Waals surface area (Å²) < 4.78 is 0. The topological polar surface area (TPSA) is 35.2 Å². The smallest absolute Gasteiger partial charge is 0.138 e. The summed E-state index contributed by atoms with van der Waals surface area (Å²) >= 11 is 0. The van der Waals surface area contributed by atoms with E-state index in [2.05, 4.69) is 57.2 Å². The molecular weight excluding hydrogens is 320 g/mol. The van der Waals surface area contributed by atoms with E-state index in [-0.39, 0.29) is 0 Å². The number of rotatable bonds is 4. The van der Waals surface area contributed by atoms with Crippen LogP contribution in [0.25, 0.3) is 16.7 Å². The summed E-state index contributed by atoms with van der Waals surface area (Å²) in [5, 5.41) is 1.28. The first-order chi connectivity index (χ1) is 12.8. The number of hydrogen-bond acceptors (Lipinski definition) is 3. The molecule has 0 aromatic carbocycles. The minimum atomic E-state index is 0.635. The van der Waals surface area contributed by atoms with Gasteiger partial charge >= 0.3 is 0 Å². The molecule has 0 unspecified atom stereocenters. The van der Waals surface area contributed by atoms with E-state index in [1.165, 1.54) is 67.7 Å². The third kappa shape index (κ3) is 3.07. The Hall–Kier alpha value is -2.07. The number of allylic oxidation sites excluding steroid dienone is 2. The van der Waals surface area contributed by atoms with Crippen molar-refractivity contribution in [3.05, 3.63) is 47.8 Å². The molecule has 4 nitrogen and oxygen atoms in total. The van der Waals surface area contributed by atoms with Gasteiger partial charge in [0, 0.05) is 47.5 Å². The number of nitrogens with one attached hydrogen (secondary N) is 1. The number of aromatic amines is 1. The fraction of sp³-hybridized carbons (Fsp3) is 0.500. The minimum Gasteiger partial charge on any atom is -0.367 e. The molecule has 0 bridgehead atoms. The minimum absolute atomic E-state index is 0.635. The normalized spacial score (nSPS) is 22.2. The molecule has 0 radical (unpaired) electrons. The van der Waals surface area contributed by atoms with Crippen molar-refractivity contribution >= 4 is 16.7 Å². The van der Waals surface area contributed by atoms with Crippen molar-refractivity contribution in [2.24, 2.45) is 5.92 Å². The summed E-state index contributed by atoms with van der Waals surface area (Å²) in [6.07, 6.45) is 14.0. The Labute approximate surface area is 155 Å². The lowest BCUT2D eigenvalue weighted by molar-refractivity contribution is 0.254. The number of pyridine rings is 1. The van der Waals surface area contributed by atoms with E-state index < -0.39 is 0 Å². The highest BCUT2D eigenvalue weighted by atomic mass is 15.1. The zero-order valence-corrected chi connectivity index (χ0v) is 15.6. The Kier molecular flexibility index (Phi) is 4.08. The average molecular weight is 348 g/mol. The quantitative estimate of drug-likeness (QED) is 0.907. The summed E-state index contributed by atoms with van der Waals surface area (Å²) in [5.41, 5.74) is 5.10. The molecular formula is C22H28N4. The Bertz CT molecular complexity index is 850. The largest absolute Gasteiger partial charge is 0.367 e. The van der Waals surface area contributed by atoms with E-state index in [4.69, 9.17) is 0 Å². The van der Waals surface area contributed by atoms with E-state index in [9.17, 15) is 0 Å². The number of hydrogen-bond donors (Lipinski definition) is 1. The van der Waals surface area contributed by atoms with Crippen LogP contribution in [0.15, 0.2) is 36.6 Å². The van der Waals surface area contributed by atoms with Crippen molar-refractivity contribution in [3.8, 4) is 0 Å². The molecule has 0 spiro atoms. The molecule has 1 N–H and O–H groups in total. The highest BCUT2D eigenvalue weighted by Crippen LogP contribution is 2.36. The van der Waals surface area contributed by atoms with Gasteiger partial charge in [0.1, 0.15) is 5.65 Å². The summed E-state index contributed by atoms with van der Waals surface area (Å²) in [6, 6.07) is 4.57. The van der Waals surface area contributed by atoms with Gasteiger partial charge in [-0.3, -0.25) is 0 Å². The van der Waals surface area contributed by atoms with Crippen LogP contribution in [0.4, 0.5) is 0 Å². The zero-order valence-electron chi connectivity index (χ0n) is 15.6. The lowest BCUT2D eigenvalue weighted by Crippen LogP contribution is -2.29. The zero-order chi connectivity index (χ0) is 17.5. The van der Waals surface area contributed by atoms with Crippen molar-refractivity contribution in [1.29, 1.82) is 0 Å². The van der Waals surface area contributed by atoms with Crippen LogP contribution in [0, 0.1) is 5.92 Å². The maximum Gasteiger partial charge on any atom is 0.138 e. The number of H-pyrrole nitrogens is 1. The van der Waals surface area contributed by atoms with Gasteiger partial charge < -0.3 is 14.8 Å². The molecule has 2 aliphatic heterocycles. The summed E-state index contributed by atoms with van der Waals surface area (Å²) in [7, 11) is 2.22. The van der Waals surface area contributed by atoms with Gasteiger partial charge in [0.15, 0.2) is 0 Å². The monoisotopic (exact) mass is 348 g/mol. The molecule has 1 saturated heterocycles. The third-order valence-electron chi connectivity index (χ3n) is 6.22. The van der Waals surface area contributed by atoms with E-state index in [1.54, 1.807) is 0 Å². The fourth-order valence-electron chi connectivity index (χ4n) is 4.41. The molecule has 0 atom stereocenters. The molecule has 2 aromatic rings. The standard InChI is InChI=1S/C22H28N4/c1-25-12-8-17(9-13-25)20-14-19-18(7-10-23-22(19)24-20)21-4-2-3-11-26(21)15-16-5-6-16/h2-4,7,10,14,16-17H,5-6,8-9,11-13,15H2,1H3,(H,23,24). The van der Waals surface area contributed by atoms with Crippen molar-refractivity contribution in [2.75, 3.05) is 33.2 Å². The second kappa shape index (κ2) is 6.58. The van der Waals surface area contributed by atoms with Crippen molar-refractivity contribution < 1.29 is 0 Å². The van der Waals surface area contributed by atoms with E-state index in [1.807, 2.05) is 6.20 Å². The molecule has 2 aromatic heterocycles. The van der Waals surface area contributed by atoms with Gasteiger partial charge in [-0.05, 0) is 69.9 Å². The van der Waals surface area contributed by atoms with Gasteiger partial charge in [0.2, 0.25) is 0 Å². The summed E-state index contributed by atoms with van der Waals surface area (Å²) in [6.45, 7) is 4.58. The molecule has 1 saturated carbocycles. The predicted octanol–water partition coefficient (Wildman–Crippen LogP) is 3.99. The second-order valence-electron chi connectivity index (χ2n) is 8.25. The number of piperidine rings is 1. The van der Waals surface area contributed by atoms with Crippen LogP contribution in [-0.2, 0) is 0 Å². The molecule has 4 heterocycles. The second-order valence-corrected chi connectivity index (χ2v) is 8.25. The number of likely N-dealkylation sites (tertiary alicyclic amines) is 1. The predicted molar refractivity (Wildman–Crippen MR) is 107 cm³/mol. The Morgan fingerprint density at radius 1 is 1.19 bits per heavy atom. The van der Waals surface area contributed by atoms with Crippen LogP contribution in [0.2, 0.25) is 0 Å². The molecule has 2 fully saturated rings. The molecule has 5 rings (SSSR count). The van der Waals surface area contributed by atoms with Gasteiger partial charge in [0.25, 0.3) is 0 Å². The first-order valence-corrected chi connectivity index (χ1v) is 10.1. The molecule has 26 heavy (non-hydrogen) atoms. The molecule has 0 amide bonds.